The zero-order chi connectivity index (χ0) is 13.0. The van der Waals surface area contributed by atoms with Gasteiger partial charge in [0.2, 0.25) is 0 Å². The van der Waals surface area contributed by atoms with E-state index in [2.05, 4.69) is 0 Å². The molecule has 1 amide bonds. The lowest BCUT2D eigenvalue weighted by molar-refractivity contribution is -0.384. The van der Waals surface area contributed by atoms with Gasteiger partial charge in [0.05, 0.1) is 10.5 Å². The Labute approximate surface area is 96.3 Å². The van der Waals surface area contributed by atoms with Crippen LogP contribution in [-0.4, -0.2) is 22.9 Å². The van der Waals surface area contributed by atoms with Crippen LogP contribution in [0, 0.1) is 10.1 Å². The normalized spacial score (nSPS) is 11.6. The first-order chi connectivity index (χ1) is 7.91. The van der Waals surface area contributed by atoms with Crippen LogP contribution in [0.2, 0.25) is 0 Å². The van der Waals surface area contributed by atoms with Gasteiger partial charge in [-0.15, -0.1) is 0 Å². The van der Waals surface area contributed by atoms with Gasteiger partial charge in [-0.2, -0.15) is 0 Å². The Morgan fingerprint density at radius 3 is 2.65 bits per heavy atom. The predicted octanol–water partition coefficient (Wildman–Crippen LogP) is 0.625. The van der Waals surface area contributed by atoms with Crippen LogP contribution in [0.3, 0.4) is 0 Å². The number of primary amides is 1. The number of hydrogen-bond donors (Lipinski definition) is 1. The van der Waals surface area contributed by atoms with Crippen molar-refractivity contribution in [3.8, 4) is 0 Å². The smallest absolute Gasteiger partial charge is 0.339 e. The minimum absolute atomic E-state index is 0.00713. The Morgan fingerprint density at radius 1 is 1.47 bits per heavy atom. The van der Waals surface area contributed by atoms with Crippen molar-refractivity contribution in [2.45, 2.75) is 13.0 Å². The van der Waals surface area contributed by atoms with E-state index in [1.54, 1.807) is 0 Å². The minimum Gasteiger partial charge on any atom is -0.449 e. The maximum absolute atomic E-state index is 11.5. The van der Waals surface area contributed by atoms with Gasteiger partial charge in [0.15, 0.2) is 6.10 Å². The Bertz CT molecular complexity index is 472. The van der Waals surface area contributed by atoms with Gasteiger partial charge >= 0.3 is 5.97 Å². The Balaban J connectivity index is 2.86. The lowest BCUT2D eigenvalue weighted by atomic mass is 10.2. The zero-order valence-electron chi connectivity index (χ0n) is 8.95. The van der Waals surface area contributed by atoms with Crippen molar-refractivity contribution in [3.05, 3.63) is 39.9 Å². The van der Waals surface area contributed by atoms with Crippen LogP contribution in [0.25, 0.3) is 0 Å². The first kappa shape index (κ1) is 12.6. The third-order valence-corrected chi connectivity index (χ3v) is 1.98. The lowest BCUT2D eigenvalue weighted by Gasteiger charge is -2.08. The van der Waals surface area contributed by atoms with Crippen molar-refractivity contribution in [3.63, 3.8) is 0 Å². The molecule has 0 bridgehead atoms. The summed E-state index contributed by atoms with van der Waals surface area (Å²) >= 11 is 0. The van der Waals surface area contributed by atoms with Crippen LogP contribution in [0.15, 0.2) is 24.3 Å². The van der Waals surface area contributed by atoms with Crippen LogP contribution in [-0.2, 0) is 9.53 Å². The number of amides is 1. The Kier molecular flexibility index (Phi) is 3.76. The summed E-state index contributed by atoms with van der Waals surface area (Å²) < 4.78 is 4.70. The van der Waals surface area contributed by atoms with Crippen molar-refractivity contribution < 1.29 is 19.2 Å². The first-order valence-corrected chi connectivity index (χ1v) is 4.66. The molecule has 0 saturated heterocycles. The quantitative estimate of drug-likeness (QED) is 0.469. The van der Waals surface area contributed by atoms with E-state index < -0.39 is 22.9 Å². The van der Waals surface area contributed by atoms with E-state index in [-0.39, 0.29) is 11.3 Å². The number of carbonyl (C=O) groups is 2. The summed E-state index contributed by atoms with van der Waals surface area (Å²) in [7, 11) is 0. The van der Waals surface area contributed by atoms with E-state index in [9.17, 15) is 19.7 Å². The molecule has 90 valence electrons. The maximum atomic E-state index is 11.5. The molecule has 7 heteroatoms. The highest BCUT2D eigenvalue weighted by Crippen LogP contribution is 2.14. The summed E-state index contributed by atoms with van der Waals surface area (Å²) in [5, 5.41) is 10.5. The monoisotopic (exact) mass is 238 g/mol. The molecule has 1 atom stereocenters. The minimum atomic E-state index is -1.08. The van der Waals surface area contributed by atoms with Crippen LogP contribution in [0.5, 0.6) is 0 Å². The fourth-order valence-electron chi connectivity index (χ4n) is 1.03. The number of nitro benzene ring substituents is 1. The van der Waals surface area contributed by atoms with Crippen molar-refractivity contribution in [2.24, 2.45) is 5.73 Å². The number of hydrogen-bond acceptors (Lipinski definition) is 5. The Hall–Kier alpha value is -2.44. The summed E-state index contributed by atoms with van der Waals surface area (Å²) in [6.07, 6.45) is -1.08. The van der Waals surface area contributed by atoms with Crippen molar-refractivity contribution in [1.82, 2.24) is 0 Å². The molecule has 0 aliphatic heterocycles. The number of rotatable bonds is 4. The largest absolute Gasteiger partial charge is 0.449 e. The molecular formula is C10H10N2O5. The number of nitrogens with two attached hydrogens (primary N) is 1. The van der Waals surface area contributed by atoms with Gasteiger partial charge in [-0.3, -0.25) is 14.9 Å². The third kappa shape index (κ3) is 3.26. The third-order valence-electron chi connectivity index (χ3n) is 1.98. The number of esters is 1. The molecule has 2 N–H and O–H groups in total. The second kappa shape index (κ2) is 5.06. The molecular weight excluding hydrogens is 228 g/mol. The van der Waals surface area contributed by atoms with E-state index >= 15 is 0 Å². The molecule has 0 fully saturated rings. The summed E-state index contributed by atoms with van der Waals surface area (Å²) in [4.78, 5) is 32.0. The van der Waals surface area contributed by atoms with E-state index in [4.69, 9.17) is 10.5 Å². The van der Waals surface area contributed by atoms with E-state index in [0.29, 0.717) is 0 Å². The summed E-state index contributed by atoms with van der Waals surface area (Å²) in [5.74, 6) is -1.62. The second-order valence-electron chi connectivity index (χ2n) is 3.26. The average Bonchev–Trinajstić information content (AvgIpc) is 2.28. The number of nitro groups is 1. The molecule has 0 spiro atoms. The molecule has 0 heterocycles. The molecule has 0 aliphatic rings. The van der Waals surface area contributed by atoms with Crippen LogP contribution in [0.4, 0.5) is 5.69 Å². The maximum Gasteiger partial charge on any atom is 0.339 e. The number of nitrogens with zero attached hydrogens (tertiary/aromatic N) is 1. The van der Waals surface area contributed by atoms with Gasteiger partial charge in [-0.1, -0.05) is 6.07 Å². The van der Waals surface area contributed by atoms with Crippen LogP contribution >= 0.6 is 0 Å². The van der Waals surface area contributed by atoms with Crippen molar-refractivity contribution in [2.75, 3.05) is 0 Å². The highest BCUT2D eigenvalue weighted by molar-refractivity contribution is 5.92. The molecule has 7 nitrogen and oxygen atoms in total. The summed E-state index contributed by atoms with van der Waals surface area (Å²) in [5.41, 5.74) is 4.68. The van der Waals surface area contributed by atoms with Crippen LogP contribution in [0.1, 0.15) is 17.3 Å². The summed E-state index contributed by atoms with van der Waals surface area (Å²) in [6.45, 7) is 1.32. The van der Waals surface area contributed by atoms with Gasteiger partial charge in [0.25, 0.3) is 11.6 Å². The standard InChI is InChI=1S/C10H10N2O5/c1-6(9(11)13)17-10(14)7-3-2-4-8(5-7)12(15)16/h2-6H,1H3,(H2,11,13)/t6-/m1/s1. The molecule has 0 unspecified atom stereocenters. The van der Waals surface area contributed by atoms with Crippen molar-refractivity contribution in [1.29, 1.82) is 0 Å². The van der Waals surface area contributed by atoms with Gasteiger partial charge in [-0.25, -0.2) is 4.79 Å². The first-order valence-electron chi connectivity index (χ1n) is 4.66. The molecule has 0 saturated carbocycles. The molecule has 1 aromatic rings. The van der Waals surface area contributed by atoms with Gasteiger partial charge in [0, 0.05) is 12.1 Å². The molecule has 0 aromatic heterocycles. The SMILES string of the molecule is C[C@@H](OC(=O)c1cccc([N+](=O)[O-])c1)C(N)=O. The second-order valence-corrected chi connectivity index (χ2v) is 3.26. The number of carbonyl (C=O) groups excluding carboxylic acids is 2. The predicted molar refractivity (Wildman–Crippen MR) is 57.2 cm³/mol. The van der Waals surface area contributed by atoms with Gasteiger partial charge < -0.3 is 10.5 Å². The highest BCUT2D eigenvalue weighted by atomic mass is 16.6. The topological polar surface area (TPSA) is 113 Å². The van der Waals surface area contributed by atoms with E-state index in [1.807, 2.05) is 0 Å². The fourth-order valence-corrected chi connectivity index (χ4v) is 1.03. The van der Waals surface area contributed by atoms with Crippen molar-refractivity contribution >= 4 is 17.6 Å². The molecule has 0 aliphatic carbocycles. The number of ether oxygens (including phenoxy) is 1. The van der Waals surface area contributed by atoms with Gasteiger partial charge in [-0.05, 0) is 13.0 Å². The summed E-state index contributed by atoms with van der Waals surface area (Å²) in [6, 6.07) is 5.01. The highest BCUT2D eigenvalue weighted by Gasteiger charge is 2.17. The Morgan fingerprint density at radius 2 is 2.12 bits per heavy atom. The molecule has 1 aromatic carbocycles. The molecule has 17 heavy (non-hydrogen) atoms. The average molecular weight is 238 g/mol. The fraction of sp³-hybridized carbons (Fsp3) is 0.200. The molecule has 0 radical (unpaired) electrons. The number of non-ortho nitro benzene ring substituents is 1. The van der Waals surface area contributed by atoms with Gasteiger partial charge in [0.1, 0.15) is 0 Å². The van der Waals surface area contributed by atoms with E-state index in [1.165, 1.54) is 25.1 Å². The lowest BCUT2D eigenvalue weighted by Crippen LogP contribution is -2.30. The number of benzene rings is 1. The van der Waals surface area contributed by atoms with E-state index in [0.717, 1.165) is 6.07 Å². The zero-order valence-corrected chi connectivity index (χ0v) is 8.95. The molecule has 1 rings (SSSR count). The van der Waals surface area contributed by atoms with Crippen LogP contribution < -0.4 is 5.73 Å².